The Bertz CT molecular complexity index is 1150. The van der Waals surface area contributed by atoms with Crippen LogP contribution in [0.3, 0.4) is 0 Å². The van der Waals surface area contributed by atoms with Crippen molar-refractivity contribution in [2.75, 3.05) is 21.9 Å². The maximum atomic E-state index is 13.2. The zero-order valence-electron chi connectivity index (χ0n) is 17.0. The number of carbonyl (C=O) groups excluding carboxylic acids is 1. The average molecular weight is 453 g/mol. The minimum absolute atomic E-state index is 0.103. The van der Waals surface area contributed by atoms with Crippen LogP contribution < -0.4 is 9.62 Å². The Hall–Kier alpha value is -2.77. The van der Waals surface area contributed by atoms with Crippen molar-refractivity contribution < 1.29 is 13.2 Å². The summed E-state index contributed by atoms with van der Waals surface area (Å²) in [6.07, 6.45) is 1.58. The predicted molar refractivity (Wildman–Crippen MR) is 127 cm³/mol. The number of amides is 1. The summed E-state index contributed by atoms with van der Waals surface area (Å²) in [5.74, 6) is 0.994. The molecule has 0 unspecified atom stereocenters. The summed E-state index contributed by atoms with van der Waals surface area (Å²) >= 11 is 1.55. The summed E-state index contributed by atoms with van der Waals surface area (Å²) in [6.45, 7) is 0.425. The van der Waals surface area contributed by atoms with E-state index in [0.717, 1.165) is 24.2 Å². The maximum Gasteiger partial charge on any atom is 0.264 e. The van der Waals surface area contributed by atoms with Crippen molar-refractivity contribution in [1.29, 1.82) is 0 Å². The number of nitrogens with zero attached hydrogens (tertiary/aromatic N) is 1. The van der Waals surface area contributed by atoms with E-state index in [9.17, 15) is 13.2 Å². The molecule has 0 saturated carbocycles. The zero-order valence-corrected chi connectivity index (χ0v) is 18.7. The molecule has 1 aliphatic heterocycles. The summed E-state index contributed by atoms with van der Waals surface area (Å²) < 4.78 is 27.8. The van der Waals surface area contributed by atoms with Crippen LogP contribution in [0.25, 0.3) is 0 Å². The number of hydrogen-bond donors (Lipinski definition) is 1. The SMILES string of the molecule is O=C(CSCc1ccccc1)Nc1ccc2c(c1)N(S(=O)(=O)c1ccccc1)CCC2. The molecule has 4 rings (SSSR count). The quantitative estimate of drug-likeness (QED) is 0.564. The largest absolute Gasteiger partial charge is 0.325 e. The molecule has 3 aromatic rings. The molecule has 0 atom stereocenters. The molecule has 0 aliphatic carbocycles. The third-order valence-electron chi connectivity index (χ3n) is 5.12. The standard InChI is InChI=1S/C24H24N2O3S2/c27-24(18-30-17-19-8-3-1-4-9-19)25-21-14-13-20-10-7-15-26(23(20)16-21)31(28,29)22-11-5-2-6-12-22/h1-6,8-9,11-14,16H,7,10,15,17-18H2,(H,25,27). The van der Waals surface area contributed by atoms with Crippen molar-refractivity contribution in [2.45, 2.75) is 23.5 Å². The molecule has 0 fully saturated rings. The van der Waals surface area contributed by atoms with Crippen LogP contribution in [0.1, 0.15) is 17.5 Å². The van der Waals surface area contributed by atoms with E-state index in [1.54, 1.807) is 48.2 Å². The van der Waals surface area contributed by atoms with Crippen molar-refractivity contribution in [3.05, 3.63) is 90.0 Å². The second kappa shape index (κ2) is 9.58. The topological polar surface area (TPSA) is 66.5 Å². The van der Waals surface area contributed by atoms with Gasteiger partial charge >= 0.3 is 0 Å². The van der Waals surface area contributed by atoms with Crippen molar-refractivity contribution in [2.24, 2.45) is 0 Å². The van der Waals surface area contributed by atoms with Gasteiger partial charge in [-0.1, -0.05) is 54.6 Å². The van der Waals surface area contributed by atoms with Gasteiger partial charge in [-0.2, -0.15) is 0 Å². The summed E-state index contributed by atoms with van der Waals surface area (Å²) in [5.41, 5.74) is 3.40. The number of hydrogen-bond acceptors (Lipinski definition) is 4. The normalized spacial score (nSPS) is 13.5. The fourth-order valence-corrected chi connectivity index (χ4v) is 5.96. The van der Waals surface area contributed by atoms with Gasteiger partial charge < -0.3 is 5.32 Å². The Morgan fingerprint density at radius 2 is 1.68 bits per heavy atom. The second-order valence-corrected chi connectivity index (χ2v) is 10.2. The zero-order chi connectivity index (χ0) is 21.7. The third-order valence-corrected chi connectivity index (χ3v) is 7.95. The van der Waals surface area contributed by atoms with Crippen LogP contribution in [-0.2, 0) is 27.0 Å². The Morgan fingerprint density at radius 1 is 0.968 bits per heavy atom. The van der Waals surface area contributed by atoms with Gasteiger partial charge in [-0.3, -0.25) is 9.10 Å². The van der Waals surface area contributed by atoms with E-state index in [1.807, 2.05) is 42.5 Å². The first-order valence-electron chi connectivity index (χ1n) is 10.2. The molecule has 0 saturated heterocycles. The van der Waals surface area contributed by atoms with Crippen LogP contribution in [0.5, 0.6) is 0 Å². The van der Waals surface area contributed by atoms with E-state index in [-0.39, 0.29) is 10.8 Å². The number of aryl methyl sites for hydroxylation is 1. The lowest BCUT2D eigenvalue weighted by molar-refractivity contribution is -0.113. The lowest BCUT2D eigenvalue weighted by Crippen LogP contribution is -2.35. The molecule has 0 bridgehead atoms. The second-order valence-electron chi connectivity index (χ2n) is 7.36. The van der Waals surface area contributed by atoms with Gasteiger partial charge in [0.2, 0.25) is 5.91 Å². The molecule has 0 radical (unpaired) electrons. The summed E-state index contributed by atoms with van der Waals surface area (Å²) in [6, 6.07) is 24.0. The van der Waals surface area contributed by atoms with E-state index in [4.69, 9.17) is 0 Å². The van der Waals surface area contributed by atoms with Gasteiger partial charge in [-0.25, -0.2) is 8.42 Å². The van der Waals surface area contributed by atoms with Crippen LogP contribution in [0.4, 0.5) is 11.4 Å². The Labute approximate surface area is 187 Å². The highest BCUT2D eigenvalue weighted by molar-refractivity contribution is 7.99. The average Bonchev–Trinajstić information content (AvgIpc) is 2.80. The van der Waals surface area contributed by atoms with Crippen LogP contribution in [0.2, 0.25) is 0 Å². The number of benzene rings is 3. The first kappa shape index (κ1) is 21.5. The molecule has 0 spiro atoms. The predicted octanol–water partition coefficient (Wildman–Crippen LogP) is 4.70. The third kappa shape index (κ3) is 5.11. The number of nitrogens with one attached hydrogen (secondary N) is 1. The Kier molecular flexibility index (Phi) is 6.63. The molecule has 1 aliphatic rings. The number of sulfonamides is 1. The molecule has 5 nitrogen and oxygen atoms in total. The van der Waals surface area contributed by atoms with Crippen LogP contribution in [0.15, 0.2) is 83.8 Å². The van der Waals surface area contributed by atoms with Crippen LogP contribution in [0, 0.1) is 0 Å². The number of rotatable bonds is 7. The van der Waals surface area contributed by atoms with Crippen molar-refractivity contribution in [1.82, 2.24) is 0 Å². The van der Waals surface area contributed by atoms with Gasteiger partial charge in [0, 0.05) is 18.0 Å². The maximum absolute atomic E-state index is 13.2. The monoisotopic (exact) mass is 452 g/mol. The number of anilines is 2. The Morgan fingerprint density at radius 3 is 2.42 bits per heavy atom. The molecule has 7 heteroatoms. The van der Waals surface area contributed by atoms with Gasteiger partial charge in [0.25, 0.3) is 10.0 Å². The number of thioether (sulfide) groups is 1. The molecule has 1 heterocycles. The van der Waals surface area contributed by atoms with Crippen molar-refractivity contribution >= 4 is 39.1 Å². The summed E-state index contributed by atoms with van der Waals surface area (Å²) in [4.78, 5) is 12.7. The van der Waals surface area contributed by atoms with E-state index in [2.05, 4.69) is 5.32 Å². The molecular weight excluding hydrogens is 428 g/mol. The minimum atomic E-state index is -3.65. The fraction of sp³-hybridized carbons (Fsp3) is 0.208. The minimum Gasteiger partial charge on any atom is -0.325 e. The molecule has 160 valence electrons. The van der Waals surface area contributed by atoms with Gasteiger partial charge in [-0.15, -0.1) is 11.8 Å². The van der Waals surface area contributed by atoms with E-state index in [1.165, 1.54) is 9.87 Å². The molecule has 1 N–H and O–H groups in total. The van der Waals surface area contributed by atoms with Gasteiger partial charge in [0.1, 0.15) is 0 Å². The van der Waals surface area contributed by atoms with Gasteiger partial charge in [-0.05, 0) is 48.2 Å². The van der Waals surface area contributed by atoms with Gasteiger partial charge in [0.15, 0.2) is 0 Å². The number of fused-ring (bicyclic) bond motifs is 1. The summed E-state index contributed by atoms with van der Waals surface area (Å²) in [7, 11) is -3.65. The molecule has 31 heavy (non-hydrogen) atoms. The van der Waals surface area contributed by atoms with Crippen LogP contribution >= 0.6 is 11.8 Å². The van der Waals surface area contributed by atoms with Gasteiger partial charge in [0.05, 0.1) is 16.3 Å². The molecule has 0 aromatic heterocycles. The lowest BCUT2D eigenvalue weighted by atomic mass is 10.0. The highest BCUT2D eigenvalue weighted by Crippen LogP contribution is 2.34. The van der Waals surface area contributed by atoms with E-state index >= 15 is 0 Å². The van der Waals surface area contributed by atoms with Crippen molar-refractivity contribution in [3.63, 3.8) is 0 Å². The lowest BCUT2D eigenvalue weighted by Gasteiger charge is -2.31. The Balaban J connectivity index is 1.47. The molecule has 1 amide bonds. The molecular formula is C24H24N2O3S2. The first-order chi connectivity index (χ1) is 15.0. The number of carbonyl (C=O) groups is 1. The fourth-order valence-electron chi connectivity index (χ4n) is 3.62. The molecule has 3 aromatic carbocycles. The summed E-state index contributed by atoms with van der Waals surface area (Å²) in [5, 5.41) is 2.91. The first-order valence-corrected chi connectivity index (χ1v) is 12.8. The van der Waals surface area contributed by atoms with Crippen molar-refractivity contribution in [3.8, 4) is 0 Å². The highest BCUT2D eigenvalue weighted by atomic mass is 32.2. The smallest absolute Gasteiger partial charge is 0.264 e. The van der Waals surface area contributed by atoms with E-state index in [0.29, 0.717) is 23.7 Å². The van der Waals surface area contributed by atoms with Crippen LogP contribution in [-0.4, -0.2) is 26.6 Å². The van der Waals surface area contributed by atoms with E-state index < -0.39 is 10.0 Å². The highest BCUT2D eigenvalue weighted by Gasteiger charge is 2.29.